The molecule has 1 aliphatic heterocycles. The Kier molecular flexibility index (Phi) is 2.58. The van der Waals surface area contributed by atoms with E-state index in [0.29, 0.717) is 5.69 Å². The van der Waals surface area contributed by atoms with E-state index in [2.05, 4.69) is 10.6 Å². The minimum atomic E-state index is -0.400. The molecule has 1 aromatic carbocycles. The molecule has 0 aromatic heterocycles. The van der Waals surface area contributed by atoms with E-state index >= 15 is 0 Å². The fourth-order valence-electron chi connectivity index (χ4n) is 1.73. The van der Waals surface area contributed by atoms with E-state index in [1.807, 2.05) is 6.92 Å². The molecular formula is C11H13FN2O. The Morgan fingerprint density at radius 2 is 2.27 bits per heavy atom. The summed E-state index contributed by atoms with van der Waals surface area (Å²) in [6.45, 7) is 2.01. The smallest absolute Gasteiger partial charge is 0.246 e. The largest absolute Gasteiger partial charge is 0.372 e. The zero-order valence-corrected chi connectivity index (χ0v) is 8.51. The van der Waals surface area contributed by atoms with Crippen LogP contribution in [-0.4, -0.2) is 11.9 Å². The van der Waals surface area contributed by atoms with E-state index in [-0.39, 0.29) is 17.6 Å². The van der Waals surface area contributed by atoms with Gasteiger partial charge in [-0.3, -0.25) is 4.79 Å². The van der Waals surface area contributed by atoms with Crippen molar-refractivity contribution in [1.82, 2.24) is 0 Å². The second-order valence-corrected chi connectivity index (χ2v) is 3.64. The van der Waals surface area contributed by atoms with Crippen molar-refractivity contribution < 1.29 is 9.18 Å². The fourth-order valence-corrected chi connectivity index (χ4v) is 1.73. The van der Waals surface area contributed by atoms with Crippen molar-refractivity contribution in [2.24, 2.45) is 0 Å². The summed E-state index contributed by atoms with van der Waals surface area (Å²) in [6.07, 6.45) is 1.66. The normalized spacial score (nSPS) is 19.1. The van der Waals surface area contributed by atoms with Gasteiger partial charge in [-0.2, -0.15) is 0 Å². The number of anilines is 2. The highest BCUT2D eigenvalue weighted by Gasteiger charge is 2.25. The maximum atomic E-state index is 13.3. The number of benzene rings is 1. The van der Waals surface area contributed by atoms with Crippen molar-refractivity contribution in [3.05, 3.63) is 24.0 Å². The minimum Gasteiger partial charge on any atom is -0.372 e. The highest BCUT2D eigenvalue weighted by Crippen LogP contribution is 2.29. The Morgan fingerprint density at radius 1 is 1.47 bits per heavy atom. The number of carbonyl (C=O) groups excluding carboxylic acids is 1. The Bertz CT molecular complexity index is 392. The quantitative estimate of drug-likeness (QED) is 0.783. The summed E-state index contributed by atoms with van der Waals surface area (Å²) in [5.74, 6) is -0.558. The van der Waals surface area contributed by atoms with E-state index in [4.69, 9.17) is 0 Å². The van der Waals surface area contributed by atoms with Crippen LogP contribution >= 0.6 is 0 Å². The van der Waals surface area contributed by atoms with Gasteiger partial charge in [-0.25, -0.2) is 4.39 Å². The summed E-state index contributed by atoms with van der Waals surface area (Å²) in [5, 5.41) is 5.62. The number of para-hydroxylation sites is 1. The highest BCUT2D eigenvalue weighted by atomic mass is 19.1. The summed E-state index contributed by atoms with van der Waals surface area (Å²) < 4.78 is 13.3. The Hall–Kier alpha value is -1.58. The maximum Gasteiger partial charge on any atom is 0.246 e. The average Bonchev–Trinajstić information content (AvgIpc) is 2.21. The molecular weight excluding hydrogens is 195 g/mol. The Balaban J connectivity index is 2.30. The van der Waals surface area contributed by atoms with Crippen LogP contribution in [0.3, 0.4) is 0 Å². The first-order chi connectivity index (χ1) is 7.22. The molecule has 3 nitrogen and oxygen atoms in total. The number of rotatable bonds is 2. The predicted octanol–water partition coefficient (Wildman–Crippen LogP) is 2.36. The molecule has 1 unspecified atom stereocenters. The lowest BCUT2D eigenvalue weighted by Gasteiger charge is -2.26. The molecule has 4 heteroatoms. The van der Waals surface area contributed by atoms with Crippen LogP contribution in [-0.2, 0) is 4.79 Å². The first-order valence-corrected chi connectivity index (χ1v) is 5.08. The standard InChI is InChI=1S/C11H13FN2O/c1-2-4-9-11(15)14-10-7(12)5-3-6-8(10)13-9/h3,5-6,9,13H,2,4H2,1H3,(H,14,15). The Labute approximate surface area is 87.7 Å². The van der Waals surface area contributed by atoms with Crippen LogP contribution in [0.15, 0.2) is 18.2 Å². The van der Waals surface area contributed by atoms with Crippen molar-refractivity contribution in [2.75, 3.05) is 10.6 Å². The lowest BCUT2D eigenvalue weighted by atomic mass is 10.1. The zero-order chi connectivity index (χ0) is 10.8. The van der Waals surface area contributed by atoms with Crippen molar-refractivity contribution in [3.63, 3.8) is 0 Å². The van der Waals surface area contributed by atoms with Crippen LogP contribution in [0.2, 0.25) is 0 Å². The second-order valence-electron chi connectivity index (χ2n) is 3.64. The number of halogens is 1. The predicted molar refractivity (Wildman–Crippen MR) is 57.3 cm³/mol. The molecule has 1 amide bonds. The van der Waals surface area contributed by atoms with E-state index in [9.17, 15) is 9.18 Å². The van der Waals surface area contributed by atoms with Crippen molar-refractivity contribution in [2.45, 2.75) is 25.8 Å². The summed E-state index contributed by atoms with van der Waals surface area (Å²) in [5.41, 5.74) is 0.919. The number of carbonyl (C=O) groups is 1. The molecule has 0 saturated heterocycles. The van der Waals surface area contributed by atoms with Gasteiger partial charge in [0.1, 0.15) is 17.5 Å². The molecule has 1 aromatic rings. The van der Waals surface area contributed by atoms with E-state index in [1.165, 1.54) is 6.07 Å². The topological polar surface area (TPSA) is 41.1 Å². The van der Waals surface area contributed by atoms with Gasteiger partial charge in [0.2, 0.25) is 5.91 Å². The highest BCUT2D eigenvalue weighted by molar-refractivity contribution is 6.03. The first kappa shape index (κ1) is 9.96. The molecule has 1 heterocycles. The monoisotopic (exact) mass is 208 g/mol. The lowest BCUT2D eigenvalue weighted by molar-refractivity contribution is -0.117. The molecule has 1 aliphatic rings. The van der Waals surface area contributed by atoms with Crippen LogP contribution in [0, 0.1) is 5.82 Å². The lowest BCUT2D eigenvalue weighted by Crippen LogP contribution is -2.39. The number of amides is 1. The van der Waals surface area contributed by atoms with Gasteiger partial charge in [0.25, 0.3) is 0 Å². The van der Waals surface area contributed by atoms with E-state index in [1.54, 1.807) is 12.1 Å². The third-order valence-corrected chi connectivity index (χ3v) is 2.49. The SMILES string of the molecule is CCCC1Nc2cccc(F)c2NC1=O. The number of hydrogen-bond donors (Lipinski definition) is 2. The number of fused-ring (bicyclic) bond motifs is 1. The van der Waals surface area contributed by atoms with Crippen LogP contribution < -0.4 is 10.6 Å². The van der Waals surface area contributed by atoms with Gasteiger partial charge in [0, 0.05) is 0 Å². The molecule has 0 radical (unpaired) electrons. The molecule has 0 aliphatic carbocycles. The van der Waals surface area contributed by atoms with Crippen molar-refractivity contribution in [3.8, 4) is 0 Å². The van der Waals surface area contributed by atoms with Gasteiger partial charge in [0.05, 0.1) is 5.69 Å². The molecule has 15 heavy (non-hydrogen) atoms. The summed E-state index contributed by atoms with van der Waals surface area (Å²) in [7, 11) is 0. The summed E-state index contributed by atoms with van der Waals surface area (Å²) in [4.78, 5) is 11.6. The van der Waals surface area contributed by atoms with Gasteiger partial charge in [-0.15, -0.1) is 0 Å². The van der Waals surface area contributed by atoms with Gasteiger partial charge < -0.3 is 10.6 Å². The van der Waals surface area contributed by atoms with Gasteiger partial charge >= 0.3 is 0 Å². The van der Waals surface area contributed by atoms with Crippen LogP contribution in [0.5, 0.6) is 0 Å². The maximum absolute atomic E-state index is 13.3. The number of hydrogen-bond acceptors (Lipinski definition) is 2. The van der Waals surface area contributed by atoms with Crippen LogP contribution in [0.1, 0.15) is 19.8 Å². The first-order valence-electron chi connectivity index (χ1n) is 5.08. The summed E-state index contributed by atoms with van der Waals surface area (Å²) in [6, 6.07) is 4.48. The average molecular weight is 208 g/mol. The third kappa shape index (κ3) is 1.79. The number of nitrogens with one attached hydrogen (secondary N) is 2. The second kappa shape index (κ2) is 3.88. The molecule has 0 bridgehead atoms. The molecule has 2 N–H and O–H groups in total. The summed E-state index contributed by atoms with van der Waals surface area (Å²) >= 11 is 0. The van der Waals surface area contributed by atoms with Crippen LogP contribution in [0.4, 0.5) is 15.8 Å². The molecule has 2 rings (SSSR count). The van der Waals surface area contributed by atoms with Crippen LogP contribution in [0.25, 0.3) is 0 Å². The Morgan fingerprint density at radius 3 is 3.00 bits per heavy atom. The van der Waals surface area contributed by atoms with Gasteiger partial charge in [-0.05, 0) is 18.6 Å². The van der Waals surface area contributed by atoms with Gasteiger partial charge in [-0.1, -0.05) is 19.4 Å². The molecule has 80 valence electrons. The minimum absolute atomic E-state index is 0.158. The van der Waals surface area contributed by atoms with Crippen molar-refractivity contribution in [1.29, 1.82) is 0 Å². The van der Waals surface area contributed by atoms with Crippen molar-refractivity contribution >= 4 is 17.3 Å². The fraction of sp³-hybridized carbons (Fsp3) is 0.364. The zero-order valence-electron chi connectivity index (χ0n) is 8.51. The molecule has 0 fully saturated rings. The molecule has 0 spiro atoms. The molecule has 0 saturated carbocycles. The van der Waals surface area contributed by atoms with E-state index in [0.717, 1.165) is 12.8 Å². The third-order valence-electron chi connectivity index (χ3n) is 2.49. The van der Waals surface area contributed by atoms with Gasteiger partial charge in [0.15, 0.2) is 0 Å². The molecule has 1 atom stereocenters. The van der Waals surface area contributed by atoms with E-state index < -0.39 is 5.82 Å².